The summed E-state index contributed by atoms with van der Waals surface area (Å²) in [6.07, 6.45) is 1.01. The van der Waals surface area contributed by atoms with Crippen molar-refractivity contribution in [2.45, 2.75) is 6.16 Å². The van der Waals surface area contributed by atoms with Gasteiger partial charge in [-0.1, -0.05) is 66.7 Å². The first-order chi connectivity index (χ1) is 12.1. The number of nitrogens with zero attached hydrogens (tertiary/aromatic N) is 2. The second-order valence-corrected chi connectivity index (χ2v) is 10.1. The number of para-hydroxylation sites is 1. The number of hydrogen-bond acceptors (Lipinski definition) is 2. The first-order valence-corrected chi connectivity index (χ1v) is 10.5. The van der Waals surface area contributed by atoms with Gasteiger partial charge in [-0.05, 0) is 29.8 Å². The molecule has 2 nitrogen and oxygen atoms in total. The van der Waals surface area contributed by atoms with Gasteiger partial charge < -0.3 is 17.0 Å². The Labute approximate surface area is 168 Å². The summed E-state index contributed by atoms with van der Waals surface area (Å²) in [5, 5.41) is 1.40. The van der Waals surface area contributed by atoms with Crippen molar-refractivity contribution in [1.29, 1.82) is 0 Å². The van der Waals surface area contributed by atoms with E-state index in [2.05, 4.69) is 121 Å². The number of anilines is 1. The third-order valence-electron chi connectivity index (χ3n) is 4.70. The Balaban J connectivity index is 0.00000243. The molecule has 0 aromatic heterocycles. The predicted molar refractivity (Wildman–Crippen MR) is 112 cm³/mol. The lowest BCUT2D eigenvalue weighted by Gasteiger charge is -2.39. The molecule has 0 N–H and O–H groups in total. The summed E-state index contributed by atoms with van der Waals surface area (Å²) in [6, 6.07) is 32.5. The predicted octanol–water partition coefficient (Wildman–Crippen LogP) is 2.06. The van der Waals surface area contributed by atoms with Crippen LogP contribution in [-0.2, 0) is 6.16 Å². The molecule has 1 unspecified atom stereocenters. The first kappa shape index (κ1) is 20.6. The quantitative estimate of drug-likeness (QED) is 0.554. The van der Waals surface area contributed by atoms with Crippen LogP contribution in [0.5, 0.6) is 0 Å². The topological polar surface area (TPSA) is 6.48 Å². The standard InChI is InChI=1S/C22H26N2P.BrH/c1-23(2)25(22-17-11-6-12-18-22,19-20-13-7-4-8-14-20)24(3)21-15-9-5-10-16-21;/h4-18H,19H2,1-3H3;1H/q+1;/p-1. The third kappa shape index (κ3) is 4.17. The molecule has 0 aliphatic heterocycles. The normalized spacial score (nSPS) is 12.9. The van der Waals surface area contributed by atoms with Crippen molar-refractivity contribution < 1.29 is 17.0 Å². The van der Waals surface area contributed by atoms with Gasteiger partial charge >= 0.3 is 0 Å². The Morgan fingerprint density at radius 1 is 0.654 bits per heavy atom. The molecule has 0 saturated carbocycles. The van der Waals surface area contributed by atoms with Crippen molar-refractivity contribution in [1.82, 2.24) is 4.67 Å². The van der Waals surface area contributed by atoms with E-state index in [1.165, 1.54) is 16.6 Å². The van der Waals surface area contributed by atoms with E-state index in [4.69, 9.17) is 0 Å². The van der Waals surface area contributed by atoms with Gasteiger partial charge in [-0.3, -0.25) is 0 Å². The molecule has 0 aliphatic rings. The third-order valence-corrected chi connectivity index (χ3v) is 9.18. The zero-order valence-electron chi connectivity index (χ0n) is 15.6. The maximum atomic E-state index is 2.50. The van der Waals surface area contributed by atoms with Gasteiger partial charge in [0.25, 0.3) is 0 Å². The van der Waals surface area contributed by atoms with Crippen LogP contribution in [0.4, 0.5) is 5.69 Å². The summed E-state index contributed by atoms with van der Waals surface area (Å²) in [6.45, 7) is 0. The van der Waals surface area contributed by atoms with Gasteiger partial charge in [-0.25, -0.2) is 4.67 Å². The van der Waals surface area contributed by atoms with Crippen molar-refractivity contribution in [3.63, 3.8) is 0 Å². The Bertz CT molecular complexity index is 781. The van der Waals surface area contributed by atoms with E-state index in [1.54, 1.807) is 0 Å². The Morgan fingerprint density at radius 3 is 1.62 bits per heavy atom. The summed E-state index contributed by atoms with van der Waals surface area (Å²) in [5.41, 5.74) is 2.63. The van der Waals surface area contributed by atoms with E-state index in [0.717, 1.165) is 6.16 Å². The second-order valence-electron chi connectivity index (χ2n) is 6.42. The molecule has 0 radical (unpaired) electrons. The molecule has 4 heteroatoms. The van der Waals surface area contributed by atoms with Crippen LogP contribution in [0.25, 0.3) is 0 Å². The summed E-state index contributed by atoms with van der Waals surface area (Å²) in [7, 11) is 4.87. The fourth-order valence-corrected chi connectivity index (χ4v) is 7.26. The highest BCUT2D eigenvalue weighted by Gasteiger charge is 2.48. The van der Waals surface area contributed by atoms with E-state index >= 15 is 0 Å². The SMILES string of the molecule is CN(C)[P+](Cc1ccccc1)(c1ccccc1)N(C)c1ccccc1.[Br-]. The van der Waals surface area contributed by atoms with Gasteiger partial charge in [-0.15, -0.1) is 0 Å². The first-order valence-electron chi connectivity index (χ1n) is 8.59. The number of benzene rings is 3. The molecule has 0 heterocycles. The lowest BCUT2D eigenvalue weighted by atomic mass is 10.2. The molecule has 0 spiro atoms. The summed E-state index contributed by atoms with van der Waals surface area (Å²) in [4.78, 5) is 0. The van der Waals surface area contributed by atoms with Crippen molar-refractivity contribution >= 4 is 18.6 Å². The van der Waals surface area contributed by atoms with Crippen LogP contribution in [0.15, 0.2) is 91.0 Å². The molecule has 3 aromatic rings. The minimum Gasteiger partial charge on any atom is -1.00 e. The molecule has 0 fully saturated rings. The minimum absolute atomic E-state index is 0. The lowest BCUT2D eigenvalue weighted by Crippen LogP contribution is -3.00. The zero-order valence-corrected chi connectivity index (χ0v) is 18.1. The molecule has 3 aromatic carbocycles. The van der Waals surface area contributed by atoms with Crippen LogP contribution in [-0.4, -0.2) is 25.8 Å². The molecule has 1 atom stereocenters. The highest BCUT2D eigenvalue weighted by atomic mass is 79.9. The summed E-state index contributed by atoms with van der Waals surface area (Å²) >= 11 is 0. The second kappa shape index (κ2) is 9.32. The molecule has 0 aliphatic carbocycles. The van der Waals surface area contributed by atoms with Gasteiger partial charge in [-0.2, -0.15) is 4.67 Å². The van der Waals surface area contributed by atoms with Crippen molar-refractivity contribution in [2.75, 3.05) is 25.8 Å². The van der Waals surface area contributed by atoms with Crippen molar-refractivity contribution in [3.05, 3.63) is 96.6 Å². The molecule has 0 saturated heterocycles. The highest BCUT2D eigenvalue weighted by Crippen LogP contribution is 2.65. The maximum Gasteiger partial charge on any atom is 0.211 e. The molecule has 136 valence electrons. The minimum atomic E-state index is -1.79. The van der Waals surface area contributed by atoms with Gasteiger partial charge in [0.2, 0.25) is 7.56 Å². The molecular formula is C22H26BrN2P. The van der Waals surface area contributed by atoms with E-state index in [9.17, 15) is 0 Å². The Hall–Kier alpha value is -1.67. The lowest BCUT2D eigenvalue weighted by molar-refractivity contribution is -0.00000510. The van der Waals surface area contributed by atoms with Gasteiger partial charge in [0.1, 0.15) is 11.5 Å². The fraction of sp³-hybridized carbons (Fsp3) is 0.182. The van der Waals surface area contributed by atoms with E-state index < -0.39 is 7.56 Å². The molecule has 26 heavy (non-hydrogen) atoms. The van der Waals surface area contributed by atoms with Crippen LogP contribution >= 0.6 is 7.56 Å². The smallest absolute Gasteiger partial charge is 0.211 e. The average molecular weight is 429 g/mol. The summed E-state index contributed by atoms with van der Waals surface area (Å²) < 4.78 is 4.93. The fourth-order valence-electron chi connectivity index (χ4n) is 3.35. The monoisotopic (exact) mass is 428 g/mol. The van der Waals surface area contributed by atoms with Crippen LogP contribution in [0.1, 0.15) is 5.56 Å². The largest absolute Gasteiger partial charge is 1.00 e. The molecular weight excluding hydrogens is 403 g/mol. The van der Waals surface area contributed by atoms with Crippen molar-refractivity contribution in [2.24, 2.45) is 0 Å². The molecule has 0 amide bonds. The summed E-state index contributed by atoms with van der Waals surface area (Å²) in [5.74, 6) is 0. The van der Waals surface area contributed by atoms with Crippen LogP contribution in [0.3, 0.4) is 0 Å². The average Bonchev–Trinajstić information content (AvgIpc) is 2.67. The van der Waals surface area contributed by atoms with E-state index in [1.807, 2.05) is 0 Å². The molecule has 0 bridgehead atoms. The Kier molecular flexibility index (Phi) is 7.40. The van der Waals surface area contributed by atoms with Gasteiger partial charge in [0, 0.05) is 21.1 Å². The Morgan fingerprint density at radius 2 is 1.12 bits per heavy atom. The van der Waals surface area contributed by atoms with Crippen molar-refractivity contribution in [3.8, 4) is 0 Å². The van der Waals surface area contributed by atoms with Gasteiger partial charge in [0.15, 0.2) is 0 Å². The molecule has 3 rings (SSSR count). The van der Waals surface area contributed by atoms with E-state index in [-0.39, 0.29) is 17.0 Å². The number of halogens is 1. The zero-order chi connectivity index (χ0) is 17.7. The van der Waals surface area contributed by atoms with E-state index in [0.29, 0.717) is 0 Å². The van der Waals surface area contributed by atoms with Gasteiger partial charge in [0.05, 0.1) is 5.69 Å². The van der Waals surface area contributed by atoms with Crippen LogP contribution in [0, 0.1) is 0 Å². The number of rotatable bonds is 6. The van der Waals surface area contributed by atoms with Crippen LogP contribution < -0.4 is 27.0 Å². The highest BCUT2D eigenvalue weighted by molar-refractivity contribution is 7.81. The maximum absolute atomic E-state index is 2.50. The number of hydrogen-bond donors (Lipinski definition) is 0. The van der Waals surface area contributed by atoms with Crippen LogP contribution in [0.2, 0.25) is 0 Å².